The number of hydrogen-bond acceptors (Lipinski definition) is 5. The van der Waals surface area contributed by atoms with Gasteiger partial charge in [-0.2, -0.15) is 0 Å². The normalized spacial score (nSPS) is 22.8. The molecule has 5 rings (SSSR count). The van der Waals surface area contributed by atoms with Crippen LogP contribution in [0.4, 0.5) is 8.78 Å². The van der Waals surface area contributed by atoms with Gasteiger partial charge in [-0.05, 0) is 80.7 Å². The van der Waals surface area contributed by atoms with E-state index in [0.717, 1.165) is 11.1 Å². The third-order valence-electron chi connectivity index (χ3n) is 7.47. The molecule has 3 atom stereocenters. The van der Waals surface area contributed by atoms with Crippen molar-refractivity contribution in [1.82, 2.24) is 15.5 Å². The number of nitrogens with zero attached hydrogens (tertiary/aromatic N) is 1. The third-order valence-corrected chi connectivity index (χ3v) is 7.47. The predicted molar refractivity (Wildman–Crippen MR) is 143 cm³/mol. The number of benzene rings is 2. The molecule has 0 radical (unpaired) electrons. The van der Waals surface area contributed by atoms with Gasteiger partial charge in [0.2, 0.25) is 17.7 Å². The second-order valence-electron chi connectivity index (χ2n) is 12.3. The van der Waals surface area contributed by atoms with Crippen molar-refractivity contribution < 1.29 is 32.6 Å². The van der Waals surface area contributed by atoms with Crippen LogP contribution in [-0.2, 0) is 27.2 Å². The first-order valence-corrected chi connectivity index (χ1v) is 13.6. The van der Waals surface area contributed by atoms with Crippen LogP contribution in [0, 0.1) is 11.8 Å². The number of rotatable bonds is 6. The average molecular weight is 556 g/mol. The zero-order valence-corrected chi connectivity index (χ0v) is 23.3. The number of hydrogen-bond donors (Lipinski definition) is 2. The van der Waals surface area contributed by atoms with Crippen molar-refractivity contribution in [1.29, 1.82) is 0 Å². The van der Waals surface area contributed by atoms with Crippen LogP contribution in [0.15, 0.2) is 42.5 Å². The lowest BCUT2D eigenvalue weighted by Gasteiger charge is -2.45. The van der Waals surface area contributed by atoms with Crippen LogP contribution in [0.3, 0.4) is 0 Å². The first kappa shape index (κ1) is 27.9. The van der Waals surface area contributed by atoms with Gasteiger partial charge >= 0.3 is 6.29 Å². The van der Waals surface area contributed by atoms with Crippen LogP contribution in [-0.4, -0.2) is 46.5 Å². The Kier molecular flexibility index (Phi) is 7.00. The molecule has 2 aromatic carbocycles. The molecule has 8 nitrogen and oxygen atoms in total. The zero-order chi connectivity index (χ0) is 29.0. The predicted octanol–water partition coefficient (Wildman–Crippen LogP) is 4.12. The van der Waals surface area contributed by atoms with Crippen LogP contribution in [0.25, 0.3) is 0 Å². The van der Waals surface area contributed by atoms with Gasteiger partial charge in [0, 0.05) is 5.54 Å². The van der Waals surface area contributed by atoms with Gasteiger partial charge in [-0.15, -0.1) is 8.78 Å². The van der Waals surface area contributed by atoms with Gasteiger partial charge in [-0.3, -0.25) is 14.4 Å². The van der Waals surface area contributed by atoms with Gasteiger partial charge < -0.3 is 25.0 Å². The maximum Gasteiger partial charge on any atom is 0.586 e. The number of carbonyl (C=O) groups is 3. The summed E-state index contributed by atoms with van der Waals surface area (Å²) in [4.78, 5) is 43.3. The fraction of sp³-hybridized carbons (Fsp3) is 0.500. The molecule has 0 spiro atoms. The fourth-order valence-electron chi connectivity index (χ4n) is 5.89. The van der Waals surface area contributed by atoms with Crippen LogP contribution >= 0.6 is 0 Å². The van der Waals surface area contributed by atoms with E-state index in [9.17, 15) is 23.2 Å². The molecule has 0 aromatic heterocycles. The van der Waals surface area contributed by atoms with E-state index in [0.29, 0.717) is 19.3 Å². The molecule has 2 aromatic rings. The molecule has 2 heterocycles. The molecule has 10 heteroatoms. The largest absolute Gasteiger partial charge is 0.586 e. The minimum Gasteiger partial charge on any atom is -0.395 e. The minimum atomic E-state index is -3.84. The summed E-state index contributed by atoms with van der Waals surface area (Å²) in [7, 11) is 0. The number of carbonyl (C=O) groups excluding carboxylic acids is 3. The fourth-order valence-corrected chi connectivity index (χ4v) is 5.89. The highest BCUT2D eigenvalue weighted by atomic mass is 19.3. The van der Waals surface area contributed by atoms with Crippen LogP contribution in [0.5, 0.6) is 11.5 Å². The first-order chi connectivity index (χ1) is 18.7. The summed E-state index contributed by atoms with van der Waals surface area (Å²) in [5.74, 6) is -1.81. The molecule has 3 aliphatic rings. The maximum absolute atomic E-state index is 14.4. The molecule has 2 aliphatic heterocycles. The quantitative estimate of drug-likeness (QED) is 0.559. The molecule has 3 amide bonds. The smallest absolute Gasteiger partial charge is 0.395 e. The Hall–Kier alpha value is -3.69. The van der Waals surface area contributed by atoms with Gasteiger partial charge in [0.15, 0.2) is 11.5 Å². The van der Waals surface area contributed by atoms with Crippen molar-refractivity contribution in [3.05, 3.63) is 59.2 Å². The molecule has 1 saturated heterocycles. The molecule has 1 fully saturated rings. The van der Waals surface area contributed by atoms with E-state index in [4.69, 9.17) is 0 Å². The number of amides is 3. The second kappa shape index (κ2) is 10.1. The summed E-state index contributed by atoms with van der Waals surface area (Å²) < 4.78 is 36.8. The number of halogens is 2. The molecular formula is C30H35F2N3O5. The SMILES string of the molecule is CC(C)C[C@@H]1C(=O)N[C@H](C2Cc3ccccc3C2)C(=O)N1[C@@H](C(=O)NC(C)(C)C)c1ccc2c(c1)OC(F)(F)O2. The Bertz CT molecular complexity index is 1310. The topological polar surface area (TPSA) is 97.0 Å². The molecule has 0 bridgehead atoms. The highest BCUT2D eigenvalue weighted by Crippen LogP contribution is 2.44. The molecule has 40 heavy (non-hydrogen) atoms. The number of ether oxygens (including phenoxy) is 2. The van der Waals surface area contributed by atoms with Crippen molar-refractivity contribution in [2.45, 2.75) is 83.8 Å². The highest BCUT2D eigenvalue weighted by molar-refractivity contribution is 6.00. The monoisotopic (exact) mass is 555 g/mol. The number of alkyl halides is 2. The number of nitrogens with one attached hydrogen (secondary N) is 2. The molecule has 1 aliphatic carbocycles. The van der Waals surface area contributed by atoms with Crippen LogP contribution in [0.2, 0.25) is 0 Å². The Morgan fingerprint density at radius 3 is 2.30 bits per heavy atom. The van der Waals surface area contributed by atoms with Crippen molar-refractivity contribution in [3.63, 3.8) is 0 Å². The molecular weight excluding hydrogens is 520 g/mol. The van der Waals surface area contributed by atoms with Gasteiger partial charge in [-0.1, -0.05) is 44.2 Å². The van der Waals surface area contributed by atoms with E-state index in [1.165, 1.54) is 23.1 Å². The van der Waals surface area contributed by atoms with Crippen molar-refractivity contribution in [3.8, 4) is 11.5 Å². The van der Waals surface area contributed by atoms with E-state index in [2.05, 4.69) is 20.1 Å². The number of fused-ring (bicyclic) bond motifs is 2. The highest BCUT2D eigenvalue weighted by Gasteiger charge is 2.50. The van der Waals surface area contributed by atoms with Crippen LogP contribution in [0.1, 0.15) is 63.8 Å². The van der Waals surface area contributed by atoms with Gasteiger partial charge in [0.25, 0.3) is 0 Å². The van der Waals surface area contributed by atoms with Crippen molar-refractivity contribution in [2.24, 2.45) is 11.8 Å². The lowest BCUT2D eigenvalue weighted by molar-refractivity contribution is -0.286. The van der Waals surface area contributed by atoms with E-state index in [1.54, 1.807) is 20.8 Å². The van der Waals surface area contributed by atoms with Gasteiger partial charge in [0.05, 0.1) is 0 Å². The molecule has 214 valence electrons. The molecule has 0 unspecified atom stereocenters. The van der Waals surface area contributed by atoms with E-state index in [1.807, 2.05) is 38.1 Å². The lowest BCUT2D eigenvalue weighted by Crippen LogP contribution is -2.67. The third kappa shape index (κ3) is 5.48. The Morgan fingerprint density at radius 2 is 1.70 bits per heavy atom. The maximum atomic E-state index is 14.4. The summed E-state index contributed by atoms with van der Waals surface area (Å²) in [6.45, 7) is 9.27. The summed E-state index contributed by atoms with van der Waals surface area (Å²) in [6.07, 6.45) is -2.29. The molecule has 2 N–H and O–H groups in total. The standard InChI is InChI=1S/C30H35F2N3O5/c1-16(2)12-21-26(36)33-24(20-13-17-8-6-7-9-18(17)14-20)28(38)35(21)25(27(37)34-29(3,4)5)19-10-11-22-23(15-19)40-30(31,32)39-22/h6-11,15-16,20-21,24-25H,12-14H2,1-5H3,(H,33,36)(H,34,37)/t21-,24-,25-/m1/s1. The van der Waals surface area contributed by atoms with Gasteiger partial charge in [-0.25, -0.2) is 0 Å². The Morgan fingerprint density at radius 1 is 1.07 bits per heavy atom. The minimum absolute atomic E-state index is 0.0279. The number of piperazine rings is 1. The Balaban J connectivity index is 1.57. The van der Waals surface area contributed by atoms with Crippen LogP contribution < -0.4 is 20.1 Å². The summed E-state index contributed by atoms with van der Waals surface area (Å²) in [5, 5.41) is 5.89. The Labute approximate surface area is 232 Å². The zero-order valence-electron chi connectivity index (χ0n) is 23.3. The van der Waals surface area contributed by atoms with E-state index in [-0.39, 0.29) is 40.7 Å². The van der Waals surface area contributed by atoms with Gasteiger partial charge in [0.1, 0.15) is 18.1 Å². The summed E-state index contributed by atoms with van der Waals surface area (Å²) in [6, 6.07) is 8.93. The first-order valence-electron chi connectivity index (χ1n) is 13.6. The second-order valence-corrected chi connectivity index (χ2v) is 12.3. The van der Waals surface area contributed by atoms with Crippen molar-refractivity contribution in [2.75, 3.05) is 0 Å². The van der Waals surface area contributed by atoms with E-state index >= 15 is 0 Å². The lowest BCUT2D eigenvalue weighted by atomic mass is 9.87. The van der Waals surface area contributed by atoms with E-state index < -0.39 is 35.9 Å². The van der Waals surface area contributed by atoms with Crippen molar-refractivity contribution >= 4 is 17.7 Å². The summed E-state index contributed by atoms with van der Waals surface area (Å²) in [5.41, 5.74) is 1.83. The molecule has 0 saturated carbocycles. The average Bonchev–Trinajstić information content (AvgIpc) is 3.40. The summed E-state index contributed by atoms with van der Waals surface area (Å²) >= 11 is 0.